The van der Waals surface area contributed by atoms with Gasteiger partial charge in [0.15, 0.2) is 5.82 Å². The molecule has 0 radical (unpaired) electrons. The molecular weight excluding hydrogens is 442 g/mol. The van der Waals surface area contributed by atoms with Crippen LogP contribution in [-0.4, -0.2) is 31.7 Å². The van der Waals surface area contributed by atoms with Gasteiger partial charge in [-0.15, -0.1) is 11.3 Å². The molecule has 0 unspecified atom stereocenters. The molecule has 1 N–H and O–H groups in total. The number of thiazole rings is 1. The molecule has 2 heterocycles. The van der Waals surface area contributed by atoms with Gasteiger partial charge in [0.25, 0.3) is 0 Å². The molecule has 4 rings (SSSR count). The Balaban J connectivity index is 1.56. The van der Waals surface area contributed by atoms with Crippen molar-refractivity contribution in [3.8, 4) is 11.4 Å². The molecule has 0 aliphatic carbocycles. The van der Waals surface area contributed by atoms with E-state index >= 15 is 0 Å². The smallest absolute Gasteiger partial charge is 0.217 e. The number of halogens is 1. The quantitative estimate of drug-likeness (QED) is 0.392. The highest BCUT2D eigenvalue weighted by Gasteiger charge is 2.17. The lowest BCUT2D eigenvalue weighted by Crippen LogP contribution is -2.26. The van der Waals surface area contributed by atoms with Crippen LogP contribution < -0.4 is 0 Å². The first-order valence-electron chi connectivity index (χ1n) is 8.50. The Labute approximate surface area is 174 Å². The Morgan fingerprint density at radius 3 is 2.70 bits per heavy atom. The topological polar surface area (TPSA) is 49.7 Å². The van der Waals surface area contributed by atoms with Crippen molar-refractivity contribution in [2.24, 2.45) is 0 Å². The molecule has 0 saturated heterocycles. The van der Waals surface area contributed by atoms with E-state index in [1.165, 1.54) is 4.70 Å². The van der Waals surface area contributed by atoms with Crippen LogP contribution >= 0.6 is 39.5 Å². The van der Waals surface area contributed by atoms with E-state index in [1.54, 1.807) is 11.3 Å². The van der Waals surface area contributed by atoms with Gasteiger partial charge in [0, 0.05) is 10.0 Å². The minimum atomic E-state index is 0.166. The zero-order chi connectivity index (χ0) is 19.0. The van der Waals surface area contributed by atoms with Crippen LogP contribution in [0.4, 0.5) is 0 Å². The van der Waals surface area contributed by atoms with Crippen molar-refractivity contribution >= 4 is 49.7 Å². The summed E-state index contributed by atoms with van der Waals surface area (Å²) in [6, 6.07) is 16.4. The highest BCUT2D eigenvalue weighted by Crippen LogP contribution is 2.29. The fourth-order valence-corrected chi connectivity index (χ4v) is 4.58. The lowest BCUT2D eigenvalue weighted by Gasteiger charge is -2.22. The molecule has 27 heavy (non-hydrogen) atoms. The number of hydrogen-bond acceptors (Lipinski definition) is 5. The van der Waals surface area contributed by atoms with Crippen LogP contribution in [0.2, 0.25) is 0 Å². The number of rotatable bonds is 5. The summed E-state index contributed by atoms with van der Waals surface area (Å²) in [6.45, 7) is 2.76. The summed E-state index contributed by atoms with van der Waals surface area (Å²) in [5, 5.41) is 4.41. The third-order valence-corrected chi connectivity index (χ3v) is 6.71. The molecule has 1 atom stereocenters. The fourth-order valence-electron chi connectivity index (χ4n) is 2.83. The number of H-pyrrole nitrogens is 1. The lowest BCUT2D eigenvalue weighted by molar-refractivity contribution is 0.195. The monoisotopic (exact) mass is 459 g/mol. The maximum absolute atomic E-state index is 5.46. The number of nitrogens with one attached hydrogen (secondary N) is 1. The van der Waals surface area contributed by atoms with Crippen molar-refractivity contribution in [2.45, 2.75) is 19.6 Å². The molecule has 0 bridgehead atoms. The summed E-state index contributed by atoms with van der Waals surface area (Å²) in [6.07, 6.45) is 0. The van der Waals surface area contributed by atoms with Gasteiger partial charge < -0.3 is 0 Å². The first-order valence-corrected chi connectivity index (χ1v) is 10.5. The first kappa shape index (κ1) is 18.5. The molecular formula is C19H18BrN5S2. The van der Waals surface area contributed by atoms with Crippen LogP contribution in [0.1, 0.15) is 18.0 Å². The Morgan fingerprint density at radius 2 is 1.93 bits per heavy atom. The molecule has 0 fully saturated rings. The zero-order valence-electron chi connectivity index (χ0n) is 14.9. The van der Waals surface area contributed by atoms with Gasteiger partial charge in [0.1, 0.15) is 5.01 Å². The average molecular weight is 460 g/mol. The van der Waals surface area contributed by atoms with Crippen molar-refractivity contribution in [1.82, 2.24) is 24.6 Å². The van der Waals surface area contributed by atoms with E-state index in [2.05, 4.69) is 57.0 Å². The fraction of sp³-hybridized carbons (Fsp3) is 0.211. The van der Waals surface area contributed by atoms with E-state index in [0.717, 1.165) is 26.4 Å². The maximum atomic E-state index is 5.46. The normalized spacial score (nSPS) is 12.7. The molecule has 0 saturated carbocycles. The molecule has 5 nitrogen and oxygen atoms in total. The van der Waals surface area contributed by atoms with Crippen LogP contribution in [0.25, 0.3) is 21.6 Å². The molecule has 8 heteroatoms. The summed E-state index contributed by atoms with van der Waals surface area (Å²) in [7, 11) is 2.07. The molecule has 0 aliphatic rings. The predicted octanol–water partition coefficient (Wildman–Crippen LogP) is 5.63. The predicted molar refractivity (Wildman–Crippen MR) is 116 cm³/mol. The van der Waals surface area contributed by atoms with Crippen LogP contribution in [0.5, 0.6) is 0 Å². The Bertz CT molecular complexity index is 1110. The van der Waals surface area contributed by atoms with Gasteiger partial charge in [0.2, 0.25) is 4.77 Å². The largest absolute Gasteiger partial charge is 0.278 e. The van der Waals surface area contributed by atoms with Gasteiger partial charge in [0.05, 0.1) is 22.9 Å². The minimum absolute atomic E-state index is 0.166. The summed E-state index contributed by atoms with van der Waals surface area (Å²) in [5.74, 6) is 0.758. The van der Waals surface area contributed by atoms with Gasteiger partial charge >= 0.3 is 0 Å². The highest BCUT2D eigenvalue weighted by molar-refractivity contribution is 9.10. The van der Waals surface area contributed by atoms with Crippen LogP contribution in [-0.2, 0) is 6.67 Å². The molecule has 0 aliphatic heterocycles. The van der Waals surface area contributed by atoms with Crippen LogP contribution in [0.15, 0.2) is 53.0 Å². The summed E-state index contributed by atoms with van der Waals surface area (Å²) < 4.78 is 4.61. The molecule has 2 aromatic heterocycles. The second kappa shape index (κ2) is 7.63. The Morgan fingerprint density at radius 1 is 1.19 bits per heavy atom. The third-order valence-electron chi connectivity index (χ3n) is 4.50. The van der Waals surface area contributed by atoms with E-state index in [9.17, 15) is 0 Å². The van der Waals surface area contributed by atoms with Gasteiger partial charge in [-0.05, 0) is 44.4 Å². The second-order valence-corrected chi connectivity index (χ2v) is 8.64. The van der Waals surface area contributed by atoms with Crippen LogP contribution in [0.3, 0.4) is 0 Å². The van der Waals surface area contributed by atoms with Gasteiger partial charge in [-0.3, -0.25) is 10.00 Å². The van der Waals surface area contributed by atoms with Gasteiger partial charge in [-0.2, -0.15) is 4.98 Å². The van der Waals surface area contributed by atoms with Crippen molar-refractivity contribution in [1.29, 1.82) is 0 Å². The van der Waals surface area contributed by atoms with Crippen molar-refractivity contribution in [3.63, 3.8) is 0 Å². The van der Waals surface area contributed by atoms with E-state index < -0.39 is 0 Å². The first-order chi connectivity index (χ1) is 13.0. The third kappa shape index (κ3) is 3.75. The standard InChI is InChI=1S/C19H18BrN5S2/c1-12(18-21-15-9-5-6-10-16(15)27-18)24(2)11-25-19(26)22-17(23-25)13-7-3-4-8-14(13)20/h3-10,12H,11H2,1-2H3,(H,22,23,26)/t12-/m1/s1. The number of hydrogen-bond donors (Lipinski definition) is 1. The lowest BCUT2D eigenvalue weighted by atomic mass is 10.2. The summed E-state index contributed by atoms with van der Waals surface area (Å²) in [5.41, 5.74) is 2.04. The Kier molecular flexibility index (Phi) is 5.23. The number of para-hydroxylation sites is 1. The number of benzene rings is 2. The minimum Gasteiger partial charge on any atom is -0.278 e. The summed E-state index contributed by atoms with van der Waals surface area (Å²) >= 11 is 10.8. The average Bonchev–Trinajstić information content (AvgIpc) is 3.25. The molecule has 0 amide bonds. The van der Waals surface area contributed by atoms with Crippen molar-refractivity contribution in [2.75, 3.05) is 7.05 Å². The van der Waals surface area contributed by atoms with Gasteiger partial charge in [-0.1, -0.05) is 46.3 Å². The zero-order valence-corrected chi connectivity index (χ0v) is 18.1. The molecule has 138 valence electrons. The highest BCUT2D eigenvalue weighted by atomic mass is 79.9. The maximum Gasteiger partial charge on any atom is 0.217 e. The van der Waals surface area contributed by atoms with E-state index in [1.807, 2.05) is 41.1 Å². The van der Waals surface area contributed by atoms with E-state index in [0.29, 0.717) is 11.4 Å². The molecule has 4 aromatic rings. The summed E-state index contributed by atoms with van der Waals surface area (Å²) in [4.78, 5) is 11.5. The number of nitrogens with zero attached hydrogens (tertiary/aromatic N) is 4. The molecule has 0 spiro atoms. The van der Waals surface area contributed by atoms with Gasteiger partial charge in [-0.25, -0.2) is 9.67 Å². The number of aromatic amines is 1. The Hall–Kier alpha value is -1.87. The van der Waals surface area contributed by atoms with Crippen molar-refractivity contribution in [3.05, 3.63) is 62.8 Å². The number of fused-ring (bicyclic) bond motifs is 1. The SMILES string of the molecule is C[C@H](c1nc2ccccc2s1)N(C)Cn1[nH]c(-c2ccccc2Br)nc1=S. The number of aromatic nitrogens is 4. The second-order valence-electron chi connectivity index (χ2n) is 6.36. The van der Waals surface area contributed by atoms with E-state index in [-0.39, 0.29) is 6.04 Å². The molecule has 2 aromatic carbocycles. The van der Waals surface area contributed by atoms with Crippen molar-refractivity contribution < 1.29 is 0 Å². The van der Waals surface area contributed by atoms with Crippen LogP contribution in [0, 0.1) is 4.77 Å². The van der Waals surface area contributed by atoms with E-state index in [4.69, 9.17) is 17.2 Å².